The monoisotopic (exact) mass is 389 g/mol. The predicted octanol–water partition coefficient (Wildman–Crippen LogP) is 2.42. The Hall–Kier alpha value is -1.73. The summed E-state index contributed by atoms with van der Waals surface area (Å²) >= 11 is 3.46. The predicted molar refractivity (Wildman–Crippen MR) is 94.5 cm³/mol. The normalized spacial score (nSPS) is 21.6. The van der Waals surface area contributed by atoms with Crippen LogP contribution in [0.3, 0.4) is 0 Å². The molecule has 0 radical (unpaired) electrons. The Kier molecular flexibility index (Phi) is 4.14. The largest absolute Gasteiger partial charge is 0.317 e. The summed E-state index contributed by atoms with van der Waals surface area (Å²) in [6, 6.07) is 8.06. The highest BCUT2D eigenvalue weighted by atomic mass is 79.9. The minimum atomic E-state index is 0.0668. The average molecular weight is 390 g/mol. The summed E-state index contributed by atoms with van der Waals surface area (Å²) in [5.74, 6) is 0.583. The van der Waals surface area contributed by atoms with Crippen LogP contribution in [0.25, 0.3) is 0 Å². The van der Waals surface area contributed by atoms with E-state index in [0.717, 1.165) is 42.4 Å². The lowest BCUT2D eigenvalue weighted by atomic mass is 9.92. The molecule has 4 rings (SSSR count). The summed E-state index contributed by atoms with van der Waals surface area (Å²) in [6.07, 6.45) is 4.84. The van der Waals surface area contributed by atoms with Crippen molar-refractivity contribution in [3.05, 3.63) is 40.6 Å². The number of nitrogens with zero attached hydrogens (tertiary/aromatic N) is 3. The summed E-state index contributed by atoms with van der Waals surface area (Å²) in [7, 11) is 0. The zero-order valence-electron chi connectivity index (χ0n) is 13.3. The van der Waals surface area contributed by atoms with E-state index in [1.54, 1.807) is 11.0 Å². The topological polar surface area (TPSA) is 71.8 Å². The van der Waals surface area contributed by atoms with Gasteiger partial charge in [0.1, 0.15) is 6.33 Å². The standard InChI is InChI=1S/C17H20BrN5O/c18-13-3-1-2-12(8-13)10-23-11-20-16(22-23)21-15(24)14-9-17(14)4-6-19-7-5-17/h1-3,8,11,14,19H,4-7,9-10H2,(H,21,22,24). The minimum absolute atomic E-state index is 0.0668. The lowest BCUT2D eigenvalue weighted by Crippen LogP contribution is -2.31. The number of aromatic nitrogens is 3. The molecule has 126 valence electrons. The summed E-state index contributed by atoms with van der Waals surface area (Å²) in [4.78, 5) is 16.6. The highest BCUT2D eigenvalue weighted by Crippen LogP contribution is 2.58. The van der Waals surface area contributed by atoms with E-state index in [0.29, 0.717) is 12.5 Å². The molecule has 1 spiro atoms. The van der Waals surface area contributed by atoms with E-state index in [4.69, 9.17) is 0 Å². The van der Waals surface area contributed by atoms with E-state index in [1.165, 1.54) is 0 Å². The fourth-order valence-corrected chi connectivity index (χ4v) is 4.09. The number of rotatable bonds is 4. The van der Waals surface area contributed by atoms with Crippen LogP contribution in [0.5, 0.6) is 0 Å². The maximum atomic E-state index is 12.4. The molecule has 0 bridgehead atoms. The molecule has 1 aliphatic carbocycles. The second-order valence-corrected chi connectivity index (χ2v) is 7.67. The fourth-order valence-electron chi connectivity index (χ4n) is 3.64. The molecule has 24 heavy (non-hydrogen) atoms. The first-order valence-electron chi connectivity index (χ1n) is 8.30. The molecule has 2 heterocycles. The molecule has 7 heteroatoms. The molecule has 2 aliphatic rings. The summed E-state index contributed by atoms with van der Waals surface area (Å²) < 4.78 is 2.78. The molecular formula is C17H20BrN5O. The van der Waals surface area contributed by atoms with Crippen molar-refractivity contribution in [1.29, 1.82) is 0 Å². The van der Waals surface area contributed by atoms with Crippen LogP contribution in [0.1, 0.15) is 24.8 Å². The first-order valence-corrected chi connectivity index (χ1v) is 9.09. The maximum Gasteiger partial charge on any atom is 0.248 e. The Morgan fingerprint density at radius 1 is 1.42 bits per heavy atom. The number of amides is 1. The Bertz CT molecular complexity index is 753. The van der Waals surface area contributed by atoms with Crippen LogP contribution < -0.4 is 10.6 Å². The van der Waals surface area contributed by atoms with Crippen molar-refractivity contribution in [3.63, 3.8) is 0 Å². The zero-order chi connectivity index (χ0) is 16.6. The van der Waals surface area contributed by atoms with Gasteiger partial charge in [-0.1, -0.05) is 28.1 Å². The van der Waals surface area contributed by atoms with Gasteiger partial charge in [-0.3, -0.25) is 10.1 Å². The van der Waals surface area contributed by atoms with E-state index in [1.807, 2.05) is 24.3 Å². The molecule has 2 fully saturated rings. The number of hydrogen-bond donors (Lipinski definition) is 2. The van der Waals surface area contributed by atoms with Crippen molar-refractivity contribution in [3.8, 4) is 0 Å². The smallest absolute Gasteiger partial charge is 0.248 e. The third kappa shape index (κ3) is 3.23. The number of halogens is 1. The van der Waals surface area contributed by atoms with Gasteiger partial charge < -0.3 is 5.32 Å². The molecule has 6 nitrogen and oxygen atoms in total. The number of carbonyl (C=O) groups excluding carboxylic acids is 1. The molecule has 1 aliphatic heterocycles. The summed E-state index contributed by atoms with van der Waals surface area (Å²) in [5, 5.41) is 10.6. The number of piperidine rings is 1. The third-order valence-electron chi connectivity index (χ3n) is 5.11. The van der Waals surface area contributed by atoms with Crippen LogP contribution in [0.4, 0.5) is 5.95 Å². The number of carbonyl (C=O) groups is 1. The van der Waals surface area contributed by atoms with Gasteiger partial charge in [0.2, 0.25) is 11.9 Å². The van der Waals surface area contributed by atoms with Gasteiger partial charge in [0.15, 0.2) is 0 Å². The van der Waals surface area contributed by atoms with Crippen LogP contribution in [0.15, 0.2) is 35.1 Å². The van der Waals surface area contributed by atoms with Crippen molar-refractivity contribution in [2.75, 3.05) is 18.4 Å². The molecule has 1 unspecified atom stereocenters. The van der Waals surface area contributed by atoms with Crippen LogP contribution in [-0.4, -0.2) is 33.8 Å². The van der Waals surface area contributed by atoms with E-state index in [-0.39, 0.29) is 17.2 Å². The molecule has 1 amide bonds. The highest BCUT2D eigenvalue weighted by molar-refractivity contribution is 9.10. The maximum absolute atomic E-state index is 12.4. The van der Waals surface area contributed by atoms with Gasteiger partial charge in [-0.05, 0) is 55.5 Å². The average Bonchev–Trinajstić information content (AvgIpc) is 3.07. The second kappa shape index (κ2) is 6.29. The quantitative estimate of drug-likeness (QED) is 0.841. The lowest BCUT2D eigenvalue weighted by Gasteiger charge is -2.22. The van der Waals surface area contributed by atoms with Crippen LogP contribution in [0.2, 0.25) is 0 Å². The zero-order valence-corrected chi connectivity index (χ0v) is 14.9. The Labute approximate surface area is 149 Å². The number of nitrogens with one attached hydrogen (secondary N) is 2. The van der Waals surface area contributed by atoms with Gasteiger partial charge in [-0.15, -0.1) is 5.10 Å². The lowest BCUT2D eigenvalue weighted by molar-refractivity contribution is -0.118. The third-order valence-corrected chi connectivity index (χ3v) is 5.60. The molecule has 1 aromatic heterocycles. The molecule has 1 atom stereocenters. The van der Waals surface area contributed by atoms with Crippen molar-refractivity contribution in [2.45, 2.75) is 25.8 Å². The molecule has 2 N–H and O–H groups in total. The van der Waals surface area contributed by atoms with E-state index >= 15 is 0 Å². The van der Waals surface area contributed by atoms with Gasteiger partial charge >= 0.3 is 0 Å². The Morgan fingerprint density at radius 2 is 2.25 bits per heavy atom. The number of anilines is 1. The van der Waals surface area contributed by atoms with Crippen molar-refractivity contribution in [2.24, 2.45) is 11.3 Å². The number of hydrogen-bond acceptors (Lipinski definition) is 4. The molecule has 1 aromatic carbocycles. The van der Waals surface area contributed by atoms with Crippen molar-refractivity contribution in [1.82, 2.24) is 20.1 Å². The van der Waals surface area contributed by atoms with Crippen LogP contribution in [-0.2, 0) is 11.3 Å². The first kappa shape index (κ1) is 15.8. The van der Waals surface area contributed by atoms with E-state index < -0.39 is 0 Å². The van der Waals surface area contributed by atoms with E-state index in [2.05, 4.69) is 36.6 Å². The summed E-state index contributed by atoms with van der Waals surface area (Å²) in [6.45, 7) is 2.66. The van der Waals surface area contributed by atoms with Crippen molar-refractivity contribution >= 4 is 27.8 Å². The van der Waals surface area contributed by atoms with Gasteiger partial charge in [-0.2, -0.15) is 0 Å². The first-order chi connectivity index (χ1) is 11.6. The van der Waals surface area contributed by atoms with Gasteiger partial charge in [0, 0.05) is 10.4 Å². The minimum Gasteiger partial charge on any atom is -0.317 e. The van der Waals surface area contributed by atoms with E-state index in [9.17, 15) is 4.79 Å². The van der Waals surface area contributed by atoms with Crippen molar-refractivity contribution < 1.29 is 4.79 Å². The fraction of sp³-hybridized carbons (Fsp3) is 0.471. The Balaban J connectivity index is 1.36. The SMILES string of the molecule is O=C(Nc1ncn(Cc2cccc(Br)c2)n1)C1CC12CCNCC2. The van der Waals surface area contributed by atoms with Gasteiger partial charge in [-0.25, -0.2) is 9.67 Å². The van der Waals surface area contributed by atoms with Crippen LogP contribution >= 0.6 is 15.9 Å². The summed E-state index contributed by atoms with van der Waals surface area (Å²) in [5.41, 5.74) is 1.36. The van der Waals surface area contributed by atoms with Gasteiger partial charge in [0.25, 0.3) is 0 Å². The number of benzene rings is 1. The van der Waals surface area contributed by atoms with Gasteiger partial charge in [0.05, 0.1) is 6.54 Å². The molecule has 2 aromatic rings. The second-order valence-electron chi connectivity index (χ2n) is 6.75. The molecular weight excluding hydrogens is 370 g/mol. The highest BCUT2D eigenvalue weighted by Gasteiger charge is 2.57. The van der Waals surface area contributed by atoms with Crippen LogP contribution in [0, 0.1) is 11.3 Å². The molecule has 1 saturated heterocycles. The Morgan fingerprint density at radius 3 is 3.04 bits per heavy atom. The molecule has 1 saturated carbocycles.